The Bertz CT molecular complexity index is 945. The number of methoxy groups -OCH3 is 2. The highest BCUT2D eigenvalue weighted by Crippen LogP contribution is 2.39. The molecule has 1 aliphatic heterocycles. The van der Waals surface area contributed by atoms with E-state index in [1.807, 2.05) is 0 Å². The summed E-state index contributed by atoms with van der Waals surface area (Å²) in [4.78, 5) is 10.8. The van der Waals surface area contributed by atoms with Crippen molar-refractivity contribution in [3.8, 4) is 29.1 Å². The molecule has 2 aromatic rings. The topological polar surface area (TPSA) is 104 Å². The molecular weight excluding hydrogens is 340 g/mol. The van der Waals surface area contributed by atoms with E-state index < -0.39 is 4.92 Å². The van der Waals surface area contributed by atoms with Crippen molar-refractivity contribution in [1.29, 1.82) is 5.26 Å². The summed E-state index contributed by atoms with van der Waals surface area (Å²) in [6.45, 7) is 0.000438. The third-order valence-corrected chi connectivity index (χ3v) is 3.83. The van der Waals surface area contributed by atoms with Crippen molar-refractivity contribution in [2.75, 3.05) is 21.0 Å². The molecule has 0 spiro atoms. The molecule has 1 aliphatic rings. The number of nitro benzene ring substituents is 1. The number of rotatable bonds is 5. The zero-order chi connectivity index (χ0) is 18.7. The van der Waals surface area contributed by atoms with Crippen LogP contribution >= 0.6 is 0 Å². The fourth-order valence-corrected chi connectivity index (χ4v) is 2.56. The van der Waals surface area contributed by atoms with Crippen molar-refractivity contribution in [1.82, 2.24) is 0 Å². The number of ether oxygens (including phenoxy) is 4. The number of fused-ring (bicyclic) bond motifs is 1. The number of allylic oxidation sites excluding steroid dienone is 1. The molecule has 0 fully saturated rings. The molecule has 8 heteroatoms. The van der Waals surface area contributed by atoms with Crippen LogP contribution < -0.4 is 18.9 Å². The quantitative estimate of drug-likeness (QED) is 0.351. The van der Waals surface area contributed by atoms with Gasteiger partial charge in [0.05, 0.1) is 42.4 Å². The van der Waals surface area contributed by atoms with E-state index in [1.54, 1.807) is 18.2 Å². The van der Waals surface area contributed by atoms with Gasteiger partial charge in [0.25, 0.3) is 5.69 Å². The maximum atomic E-state index is 11.4. The molecule has 132 valence electrons. The molecule has 0 unspecified atom stereocenters. The van der Waals surface area contributed by atoms with Gasteiger partial charge in [-0.25, -0.2) is 0 Å². The molecule has 0 aliphatic carbocycles. The highest BCUT2D eigenvalue weighted by atomic mass is 16.7. The zero-order valence-corrected chi connectivity index (χ0v) is 14.0. The van der Waals surface area contributed by atoms with Crippen LogP contribution in [0.2, 0.25) is 0 Å². The second-order valence-electron chi connectivity index (χ2n) is 5.26. The van der Waals surface area contributed by atoms with E-state index in [0.29, 0.717) is 28.6 Å². The first-order valence-electron chi connectivity index (χ1n) is 7.49. The minimum atomic E-state index is -0.530. The van der Waals surface area contributed by atoms with Crippen LogP contribution in [0.15, 0.2) is 30.3 Å². The number of benzene rings is 2. The second kappa shape index (κ2) is 7.03. The van der Waals surface area contributed by atoms with Gasteiger partial charge in [0.15, 0.2) is 23.0 Å². The average molecular weight is 354 g/mol. The summed E-state index contributed by atoms with van der Waals surface area (Å²) >= 11 is 0. The van der Waals surface area contributed by atoms with Gasteiger partial charge in [-0.05, 0) is 35.9 Å². The van der Waals surface area contributed by atoms with Crippen LogP contribution in [0.3, 0.4) is 0 Å². The van der Waals surface area contributed by atoms with Crippen molar-refractivity contribution in [2.24, 2.45) is 0 Å². The average Bonchev–Trinajstić information content (AvgIpc) is 3.12. The van der Waals surface area contributed by atoms with Gasteiger partial charge in [-0.2, -0.15) is 5.26 Å². The molecule has 3 rings (SSSR count). The number of nitrogens with zero attached hydrogens (tertiary/aromatic N) is 2. The molecular formula is C18H14N2O6. The van der Waals surface area contributed by atoms with Crippen LogP contribution in [0.5, 0.6) is 23.0 Å². The van der Waals surface area contributed by atoms with Crippen molar-refractivity contribution in [3.05, 3.63) is 51.6 Å². The monoisotopic (exact) mass is 354 g/mol. The molecule has 26 heavy (non-hydrogen) atoms. The summed E-state index contributed by atoms with van der Waals surface area (Å²) in [5.41, 5.74) is 0.832. The molecule has 0 atom stereocenters. The van der Waals surface area contributed by atoms with Crippen LogP contribution in [-0.2, 0) is 0 Å². The van der Waals surface area contributed by atoms with E-state index in [2.05, 4.69) is 6.07 Å². The smallest absolute Gasteiger partial charge is 0.280 e. The maximum absolute atomic E-state index is 11.4. The van der Waals surface area contributed by atoms with Gasteiger partial charge < -0.3 is 18.9 Å². The fraction of sp³-hybridized carbons (Fsp3) is 0.167. The van der Waals surface area contributed by atoms with Crippen LogP contribution in [0.4, 0.5) is 5.69 Å². The summed E-state index contributed by atoms with van der Waals surface area (Å²) in [6.07, 6.45) is 1.43. The lowest BCUT2D eigenvalue weighted by Crippen LogP contribution is -1.94. The lowest BCUT2D eigenvalue weighted by Gasteiger charge is -2.09. The molecule has 0 saturated heterocycles. The summed E-state index contributed by atoms with van der Waals surface area (Å²) in [7, 11) is 2.99. The van der Waals surface area contributed by atoms with E-state index in [1.165, 1.54) is 32.4 Å². The molecule has 0 radical (unpaired) electrons. The van der Waals surface area contributed by atoms with Crippen LogP contribution in [-0.4, -0.2) is 25.9 Å². The van der Waals surface area contributed by atoms with Gasteiger partial charge in [-0.1, -0.05) is 0 Å². The first-order valence-corrected chi connectivity index (χ1v) is 7.49. The van der Waals surface area contributed by atoms with E-state index in [4.69, 9.17) is 18.9 Å². The molecule has 0 bridgehead atoms. The minimum absolute atomic E-state index is 0.000438. The van der Waals surface area contributed by atoms with Gasteiger partial charge >= 0.3 is 0 Å². The summed E-state index contributed by atoms with van der Waals surface area (Å²) in [5.74, 6) is 1.67. The van der Waals surface area contributed by atoms with Gasteiger partial charge in [0.1, 0.15) is 0 Å². The Morgan fingerprint density at radius 1 is 1.19 bits per heavy atom. The highest BCUT2D eigenvalue weighted by molar-refractivity contribution is 5.92. The third-order valence-electron chi connectivity index (χ3n) is 3.83. The van der Waals surface area contributed by atoms with Crippen molar-refractivity contribution in [3.63, 3.8) is 0 Å². The molecule has 1 heterocycles. The van der Waals surface area contributed by atoms with E-state index >= 15 is 0 Å². The molecule has 2 aromatic carbocycles. The lowest BCUT2D eigenvalue weighted by atomic mass is 10.0. The third kappa shape index (κ3) is 3.10. The van der Waals surface area contributed by atoms with Gasteiger partial charge in [-0.15, -0.1) is 0 Å². The molecule has 0 aromatic heterocycles. The number of hydrogen-bond acceptors (Lipinski definition) is 7. The number of nitro groups is 1. The first-order chi connectivity index (χ1) is 12.6. The number of nitriles is 1. The Hall–Kier alpha value is -3.73. The summed E-state index contributed by atoms with van der Waals surface area (Å²) in [5, 5.41) is 20.9. The molecule has 8 nitrogen and oxygen atoms in total. The van der Waals surface area contributed by atoms with Gasteiger partial charge in [0.2, 0.25) is 6.79 Å². The van der Waals surface area contributed by atoms with Crippen LogP contribution in [0, 0.1) is 21.4 Å². The predicted octanol–water partition coefficient (Wildman–Crippen LogP) is 3.40. The Labute approximate surface area is 148 Å². The van der Waals surface area contributed by atoms with E-state index in [0.717, 1.165) is 0 Å². The largest absolute Gasteiger partial charge is 0.493 e. The second-order valence-corrected chi connectivity index (χ2v) is 5.26. The highest BCUT2D eigenvalue weighted by Gasteiger charge is 2.23. The van der Waals surface area contributed by atoms with E-state index in [9.17, 15) is 15.4 Å². The van der Waals surface area contributed by atoms with Gasteiger partial charge in [0, 0.05) is 0 Å². The SMILES string of the molecule is COc1ccc(C(C#N)=Cc2cc3c(cc2[N+](=O)[O-])OCO3)cc1OC. The Morgan fingerprint density at radius 3 is 2.50 bits per heavy atom. The number of hydrogen-bond donors (Lipinski definition) is 0. The van der Waals surface area contributed by atoms with Crippen molar-refractivity contribution >= 4 is 17.3 Å². The van der Waals surface area contributed by atoms with Crippen molar-refractivity contribution < 1.29 is 23.9 Å². The molecule has 0 amide bonds. The Kier molecular flexibility index (Phi) is 4.62. The normalized spacial score (nSPS) is 12.4. The van der Waals surface area contributed by atoms with Crippen LogP contribution in [0.1, 0.15) is 11.1 Å². The maximum Gasteiger partial charge on any atom is 0.280 e. The van der Waals surface area contributed by atoms with Crippen LogP contribution in [0.25, 0.3) is 11.6 Å². The Balaban J connectivity index is 2.11. The minimum Gasteiger partial charge on any atom is -0.493 e. The lowest BCUT2D eigenvalue weighted by molar-refractivity contribution is -0.385. The first kappa shape index (κ1) is 17.1. The predicted molar refractivity (Wildman–Crippen MR) is 92.2 cm³/mol. The summed E-state index contributed by atoms with van der Waals surface area (Å²) in [6, 6.07) is 9.80. The standard InChI is InChI=1S/C18H14N2O6/c1-23-15-4-3-11(6-16(15)24-2)13(9-19)5-12-7-17-18(26-10-25-17)8-14(12)20(21)22/h3-8H,10H2,1-2H3. The fourth-order valence-electron chi connectivity index (χ4n) is 2.56. The van der Waals surface area contributed by atoms with Crippen molar-refractivity contribution in [2.45, 2.75) is 0 Å². The Morgan fingerprint density at radius 2 is 1.88 bits per heavy atom. The molecule has 0 saturated carbocycles. The molecule has 0 N–H and O–H groups in total. The van der Waals surface area contributed by atoms with Gasteiger partial charge in [-0.3, -0.25) is 10.1 Å². The van der Waals surface area contributed by atoms with E-state index in [-0.39, 0.29) is 23.6 Å². The summed E-state index contributed by atoms with van der Waals surface area (Å²) < 4.78 is 20.9. The zero-order valence-electron chi connectivity index (χ0n) is 14.0.